The van der Waals surface area contributed by atoms with Gasteiger partial charge in [0.15, 0.2) is 0 Å². The van der Waals surface area contributed by atoms with Crippen LogP contribution in [0.2, 0.25) is 0 Å². The van der Waals surface area contributed by atoms with Gasteiger partial charge in [-0.3, -0.25) is 0 Å². The SMILES string of the molecule is O[C@@H](C[C@H]1CCCN1c1nccc(N2CCCC2)n1)c1ccccc1. The summed E-state index contributed by atoms with van der Waals surface area (Å²) in [6.45, 7) is 3.15. The van der Waals surface area contributed by atoms with Gasteiger partial charge in [-0.2, -0.15) is 4.98 Å². The lowest BCUT2D eigenvalue weighted by Gasteiger charge is -2.27. The number of aliphatic hydroxyl groups is 1. The lowest BCUT2D eigenvalue weighted by Crippen LogP contribution is -2.32. The van der Waals surface area contributed by atoms with E-state index < -0.39 is 6.10 Å². The van der Waals surface area contributed by atoms with Gasteiger partial charge in [-0.05, 0) is 43.7 Å². The van der Waals surface area contributed by atoms with E-state index in [4.69, 9.17) is 4.98 Å². The molecule has 2 aromatic rings. The van der Waals surface area contributed by atoms with E-state index in [0.717, 1.165) is 56.2 Å². The van der Waals surface area contributed by atoms with Gasteiger partial charge >= 0.3 is 0 Å². The Morgan fingerprint density at radius 3 is 2.64 bits per heavy atom. The van der Waals surface area contributed by atoms with Crippen LogP contribution in [0.1, 0.15) is 43.8 Å². The predicted molar refractivity (Wildman–Crippen MR) is 99.9 cm³/mol. The molecule has 0 saturated carbocycles. The first-order valence-electron chi connectivity index (χ1n) is 9.39. The molecule has 0 aliphatic carbocycles. The van der Waals surface area contributed by atoms with Crippen LogP contribution in [0.3, 0.4) is 0 Å². The van der Waals surface area contributed by atoms with E-state index in [1.54, 1.807) is 0 Å². The fraction of sp³-hybridized carbons (Fsp3) is 0.500. The number of hydrogen-bond acceptors (Lipinski definition) is 5. The molecular formula is C20H26N4O. The minimum absolute atomic E-state index is 0.295. The van der Waals surface area contributed by atoms with E-state index in [9.17, 15) is 5.11 Å². The Labute approximate surface area is 149 Å². The maximum atomic E-state index is 10.6. The van der Waals surface area contributed by atoms with Crippen LogP contribution in [0.15, 0.2) is 42.6 Å². The van der Waals surface area contributed by atoms with Crippen molar-refractivity contribution in [1.82, 2.24) is 9.97 Å². The average molecular weight is 338 g/mol. The summed E-state index contributed by atoms with van der Waals surface area (Å²) in [6.07, 6.45) is 6.86. The van der Waals surface area contributed by atoms with Crippen LogP contribution >= 0.6 is 0 Å². The third kappa shape index (κ3) is 3.61. The van der Waals surface area contributed by atoms with Crippen LogP contribution in [0.25, 0.3) is 0 Å². The van der Waals surface area contributed by atoms with Gasteiger partial charge in [-0.25, -0.2) is 4.98 Å². The predicted octanol–water partition coefficient (Wildman–Crippen LogP) is 3.17. The summed E-state index contributed by atoms with van der Waals surface area (Å²) in [5.74, 6) is 1.85. The Morgan fingerprint density at radius 2 is 1.84 bits per heavy atom. The van der Waals surface area contributed by atoms with Crippen molar-refractivity contribution in [3.63, 3.8) is 0 Å². The summed E-state index contributed by atoms with van der Waals surface area (Å²) in [7, 11) is 0. The van der Waals surface area contributed by atoms with Crippen molar-refractivity contribution >= 4 is 11.8 Å². The van der Waals surface area contributed by atoms with Crippen LogP contribution in [0, 0.1) is 0 Å². The molecule has 2 aliphatic rings. The van der Waals surface area contributed by atoms with E-state index in [0.29, 0.717) is 6.04 Å². The summed E-state index contributed by atoms with van der Waals surface area (Å²) in [5, 5.41) is 10.6. The van der Waals surface area contributed by atoms with Gasteiger partial charge in [0.25, 0.3) is 0 Å². The van der Waals surface area contributed by atoms with E-state index in [1.807, 2.05) is 42.6 Å². The maximum absolute atomic E-state index is 10.6. The van der Waals surface area contributed by atoms with Crippen LogP contribution in [0.4, 0.5) is 11.8 Å². The molecule has 2 saturated heterocycles. The summed E-state index contributed by atoms with van der Waals surface area (Å²) in [4.78, 5) is 14.0. The number of anilines is 2. The average Bonchev–Trinajstić information content (AvgIpc) is 3.35. The van der Waals surface area contributed by atoms with E-state index in [-0.39, 0.29) is 0 Å². The summed E-state index contributed by atoms with van der Waals surface area (Å²) in [6, 6.07) is 12.2. The lowest BCUT2D eigenvalue weighted by atomic mass is 10.0. The van der Waals surface area contributed by atoms with E-state index in [1.165, 1.54) is 12.8 Å². The highest BCUT2D eigenvalue weighted by molar-refractivity contribution is 5.45. The summed E-state index contributed by atoms with van der Waals surface area (Å²) in [5.41, 5.74) is 0.987. The second-order valence-corrected chi connectivity index (χ2v) is 7.06. The molecule has 5 heteroatoms. The van der Waals surface area contributed by atoms with Crippen molar-refractivity contribution in [2.24, 2.45) is 0 Å². The molecule has 0 amide bonds. The Balaban J connectivity index is 1.48. The maximum Gasteiger partial charge on any atom is 0.227 e. The number of aromatic nitrogens is 2. The molecule has 3 heterocycles. The van der Waals surface area contributed by atoms with Crippen molar-refractivity contribution in [3.05, 3.63) is 48.2 Å². The molecule has 2 aliphatic heterocycles. The molecule has 0 bridgehead atoms. The molecule has 1 aromatic heterocycles. The van der Waals surface area contributed by atoms with Gasteiger partial charge in [0, 0.05) is 31.9 Å². The van der Waals surface area contributed by atoms with Crippen LogP contribution < -0.4 is 9.80 Å². The number of benzene rings is 1. The minimum atomic E-state index is -0.437. The van der Waals surface area contributed by atoms with Gasteiger partial charge in [-0.15, -0.1) is 0 Å². The minimum Gasteiger partial charge on any atom is -0.388 e. The normalized spacial score (nSPS) is 21.7. The topological polar surface area (TPSA) is 52.5 Å². The number of rotatable bonds is 5. The third-order valence-corrected chi connectivity index (χ3v) is 5.37. The fourth-order valence-electron chi connectivity index (χ4n) is 4.01. The standard InChI is InChI=1S/C20H26N4O/c25-18(16-7-2-1-3-8-16)15-17-9-6-14-24(17)20-21-11-10-19(22-20)23-12-4-5-13-23/h1-3,7-8,10-11,17-18,25H,4-6,9,12-15H2/t17-,18+/m1/s1. The number of aliphatic hydroxyl groups excluding tert-OH is 1. The molecule has 0 radical (unpaired) electrons. The fourth-order valence-corrected chi connectivity index (χ4v) is 4.01. The molecule has 0 unspecified atom stereocenters. The van der Waals surface area contributed by atoms with E-state index >= 15 is 0 Å². The van der Waals surface area contributed by atoms with Crippen molar-refractivity contribution in [1.29, 1.82) is 0 Å². The molecule has 132 valence electrons. The molecule has 4 rings (SSSR count). The zero-order valence-corrected chi connectivity index (χ0v) is 14.6. The zero-order chi connectivity index (χ0) is 17.1. The molecule has 5 nitrogen and oxygen atoms in total. The largest absolute Gasteiger partial charge is 0.388 e. The highest BCUT2D eigenvalue weighted by Gasteiger charge is 2.29. The Hall–Kier alpha value is -2.14. The monoisotopic (exact) mass is 338 g/mol. The lowest BCUT2D eigenvalue weighted by molar-refractivity contribution is 0.158. The van der Waals surface area contributed by atoms with Crippen LogP contribution in [-0.2, 0) is 0 Å². The first kappa shape index (κ1) is 16.3. The van der Waals surface area contributed by atoms with Crippen LogP contribution in [-0.4, -0.2) is 40.8 Å². The molecular weight excluding hydrogens is 312 g/mol. The molecule has 1 aromatic carbocycles. The first-order valence-corrected chi connectivity index (χ1v) is 9.39. The van der Waals surface area contributed by atoms with Gasteiger partial charge in [-0.1, -0.05) is 30.3 Å². The Kier molecular flexibility index (Phi) is 4.83. The quantitative estimate of drug-likeness (QED) is 0.907. The second kappa shape index (κ2) is 7.40. The smallest absolute Gasteiger partial charge is 0.227 e. The van der Waals surface area contributed by atoms with E-state index in [2.05, 4.69) is 14.8 Å². The first-order chi connectivity index (χ1) is 12.3. The molecule has 2 atom stereocenters. The Morgan fingerprint density at radius 1 is 1.04 bits per heavy atom. The van der Waals surface area contributed by atoms with Gasteiger partial charge in [0.05, 0.1) is 6.10 Å². The number of nitrogens with zero attached hydrogens (tertiary/aromatic N) is 4. The second-order valence-electron chi connectivity index (χ2n) is 7.06. The molecule has 2 fully saturated rings. The Bertz CT molecular complexity index is 687. The highest BCUT2D eigenvalue weighted by atomic mass is 16.3. The molecule has 1 N–H and O–H groups in total. The summed E-state index contributed by atoms with van der Waals surface area (Å²) >= 11 is 0. The van der Waals surface area contributed by atoms with Gasteiger partial charge < -0.3 is 14.9 Å². The molecule has 25 heavy (non-hydrogen) atoms. The van der Waals surface area contributed by atoms with Crippen molar-refractivity contribution in [3.8, 4) is 0 Å². The summed E-state index contributed by atoms with van der Waals surface area (Å²) < 4.78 is 0. The van der Waals surface area contributed by atoms with Crippen LogP contribution in [0.5, 0.6) is 0 Å². The van der Waals surface area contributed by atoms with Gasteiger partial charge in [0.1, 0.15) is 5.82 Å². The zero-order valence-electron chi connectivity index (χ0n) is 14.6. The van der Waals surface area contributed by atoms with Crippen molar-refractivity contribution in [2.45, 2.75) is 44.2 Å². The third-order valence-electron chi connectivity index (χ3n) is 5.37. The van der Waals surface area contributed by atoms with Crippen molar-refractivity contribution in [2.75, 3.05) is 29.4 Å². The highest BCUT2D eigenvalue weighted by Crippen LogP contribution is 2.30. The molecule has 0 spiro atoms. The number of hydrogen-bond donors (Lipinski definition) is 1. The van der Waals surface area contributed by atoms with Gasteiger partial charge in [0.2, 0.25) is 5.95 Å². The van der Waals surface area contributed by atoms with Crippen molar-refractivity contribution < 1.29 is 5.11 Å².